The van der Waals surface area contributed by atoms with E-state index in [9.17, 15) is 14.9 Å². The van der Waals surface area contributed by atoms with Crippen LogP contribution < -0.4 is 10.6 Å². The second kappa shape index (κ2) is 9.87. The molecule has 132 valence electrons. The third-order valence-electron chi connectivity index (χ3n) is 3.75. The van der Waals surface area contributed by atoms with E-state index in [4.69, 9.17) is 4.74 Å². The van der Waals surface area contributed by atoms with Crippen LogP contribution in [0.15, 0.2) is 40.9 Å². The second-order valence-corrected chi connectivity index (χ2v) is 6.54. The molecule has 1 aromatic rings. The number of nitrogens with one attached hydrogen (secondary N) is 2. The molecule has 1 atom stereocenters. The zero-order chi connectivity index (χ0) is 18.1. The van der Waals surface area contributed by atoms with E-state index < -0.39 is 0 Å². The number of ether oxygens (including phenoxy) is 1. The first-order chi connectivity index (χ1) is 12.2. The molecule has 7 heteroatoms. The zero-order valence-electron chi connectivity index (χ0n) is 14.1. The fourth-order valence-electron chi connectivity index (χ4n) is 2.54. The minimum absolute atomic E-state index is 0.137. The van der Waals surface area contributed by atoms with E-state index in [0.717, 1.165) is 12.0 Å². The van der Waals surface area contributed by atoms with Crippen molar-refractivity contribution >= 4 is 23.6 Å². The number of rotatable bonds is 8. The Morgan fingerprint density at radius 3 is 2.88 bits per heavy atom. The molecule has 1 aliphatic rings. The molecule has 6 nitrogen and oxygen atoms in total. The topological polar surface area (TPSA) is 91.2 Å². The van der Waals surface area contributed by atoms with Gasteiger partial charge in [-0.15, -0.1) is 0 Å². The van der Waals surface area contributed by atoms with Crippen LogP contribution in [0.3, 0.4) is 0 Å². The molecule has 0 saturated heterocycles. The average Bonchev–Trinajstić information content (AvgIpc) is 2.63. The number of hydrogen-bond donors (Lipinski definition) is 2. The summed E-state index contributed by atoms with van der Waals surface area (Å²) in [6, 6.07) is 11.7. The number of carbonyl (C=O) groups excluding carboxylic acids is 2. The summed E-state index contributed by atoms with van der Waals surface area (Å²) in [7, 11) is 1.61. The van der Waals surface area contributed by atoms with Gasteiger partial charge in [0.2, 0.25) is 11.8 Å². The van der Waals surface area contributed by atoms with Gasteiger partial charge in [0.1, 0.15) is 0 Å². The Morgan fingerprint density at radius 1 is 1.44 bits per heavy atom. The van der Waals surface area contributed by atoms with Crippen LogP contribution in [0.25, 0.3) is 0 Å². The van der Waals surface area contributed by atoms with Crippen LogP contribution in [0.5, 0.6) is 0 Å². The molecule has 25 heavy (non-hydrogen) atoms. The summed E-state index contributed by atoms with van der Waals surface area (Å²) in [5.41, 5.74) is 1.43. The molecule has 0 aliphatic carbocycles. The molecule has 2 amide bonds. The van der Waals surface area contributed by atoms with Crippen molar-refractivity contribution in [2.24, 2.45) is 0 Å². The zero-order valence-corrected chi connectivity index (χ0v) is 14.9. The van der Waals surface area contributed by atoms with Crippen LogP contribution >= 0.6 is 11.8 Å². The molecule has 0 bridgehead atoms. The van der Waals surface area contributed by atoms with E-state index >= 15 is 0 Å². The first-order valence-electron chi connectivity index (χ1n) is 8.03. The van der Waals surface area contributed by atoms with E-state index in [0.29, 0.717) is 23.8 Å². The molecule has 0 unspecified atom stereocenters. The largest absolute Gasteiger partial charge is 0.385 e. The fourth-order valence-corrected chi connectivity index (χ4v) is 3.44. The summed E-state index contributed by atoms with van der Waals surface area (Å²) in [5.74, 6) is -0.403. The van der Waals surface area contributed by atoms with Gasteiger partial charge in [-0.2, -0.15) is 5.26 Å². The van der Waals surface area contributed by atoms with E-state index in [1.165, 1.54) is 11.8 Å². The van der Waals surface area contributed by atoms with Crippen LogP contribution in [-0.4, -0.2) is 37.8 Å². The number of nitrogens with zero attached hydrogens (tertiary/aromatic N) is 1. The highest BCUT2D eigenvalue weighted by Gasteiger charge is 2.29. The van der Waals surface area contributed by atoms with Crippen molar-refractivity contribution in [2.75, 3.05) is 26.0 Å². The number of carbonyl (C=O) groups is 2. The molecule has 1 aliphatic heterocycles. The molecule has 0 radical (unpaired) electrons. The van der Waals surface area contributed by atoms with E-state index in [1.54, 1.807) is 7.11 Å². The number of nitriles is 1. The summed E-state index contributed by atoms with van der Waals surface area (Å²) in [6.07, 6.45) is 0.978. The number of benzene rings is 1. The van der Waals surface area contributed by atoms with Crippen LogP contribution in [0.1, 0.15) is 24.3 Å². The van der Waals surface area contributed by atoms with Crippen LogP contribution in [-0.2, 0) is 14.3 Å². The van der Waals surface area contributed by atoms with Gasteiger partial charge in [0.25, 0.3) is 0 Å². The summed E-state index contributed by atoms with van der Waals surface area (Å²) < 4.78 is 4.93. The highest BCUT2D eigenvalue weighted by molar-refractivity contribution is 8.03. The lowest BCUT2D eigenvalue weighted by Crippen LogP contribution is -2.32. The first-order valence-corrected chi connectivity index (χ1v) is 9.01. The minimum Gasteiger partial charge on any atom is -0.385 e. The molecule has 2 rings (SSSR count). The molecule has 0 spiro atoms. The van der Waals surface area contributed by atoms with Crippen LogP contribution in [0.2, 0.25) is 0 Å². The predicted molar refractivity (Wildman–Crippen MR) is 96.5 cm³/mol. The minimum atomic E-state index is -0.271. The molecule has 0 fully saturated rings. The SMILES string of the molecule is COCCCNC(=O)CSC1=C(C#N)[C@@H](c2ccccc2)CC(=O)N1. The van der Waals surface area contributed by atoms with Crippen molar-refractivity contribution in [1.82, 2.24) is 10.6 Å². The normalized spacial score (nSPS) is 17.0. The Hall–Kier alpha value is -2.30. The van der Waals surface area contributed by atoms with Gasteiger partial charge in [0, 0.05) is 32.6 Å². The second-order valence-electron chi connectivity index (χ2n) is 5.56. The standard InChI is InChI=1S/C18H21N3O3S/c1-24-9-5-8-20-17(23)12-25-18-15(11-19)14(10-16(22)21-18)13-6-3-2-4-7-13/h2-4,6-7,14H,5,8-10,12H2,1H3,(H,20,23)(H,21,22)/t14-/m1/s1. The maximum Gasteiger partial charge on any atom is 0.230 e. The molecular formula is C18H21N3O3S. The van der Waals surface area contributed by atoms with Crippen molar-refractivity contribution in [3.63, 3.8) is 0 Å². The van der Waals surface area contributed by atoms with Gasteiger partial charge >= 0.3 is 0 Å². The molecule has 1 aromatic carbocycles. The van der Waals surface area contributed by atoms with Gasteiger partial charge in [-0.05, 0) is 12.0 Å². The van der Waals surface area contributed by atoms with E-state index in [2.05, 4.69) is 16.7 Å². The Bertz CT molecular complexity index is 683. The Labute approximate surface area is 151 Å². The number of amides is 2. The van der Waals surface area contributed by atoms with Gasteiger partial charge in [0.05, 0.1) is 22.4 Å². The lowest BCUT2D eigenvalue weighted by molar-refractivity contribution is -0.121. The van der Waals surface area contributed by atoms with Gasteiger partial charge in [-0.3, -0.25) is 9.59 Å². The monoisotopic (exact) mass is 359 g/mol. The lowest BCUT2D eigenvalue weighted by Gasteiger charge is -2.25. The van der Waals surface area contributed by atoms with Crippen LogP contribution in [0, 0.1) is 11.3 Å². The summed E-state index contributed by atoms with van der Waals surface area (Å²) in [4.78, 5) is 23.9. The molecule has 0 saturated carbocycles. The lowest BCUT2D eigenvalue weighted by atomic mass is 9.87. The molecule has 2 N–H and O–H groups in total. The van der Waals surface area contributed by atoms with Crippen molar-refractivity contribution < 1.29 is 14.3 Å². The van der Waals surface area contributed by atoms with Gasteiger partial charge in [0.15, 0.2) is 0 Å². The molecular weight excluding hydrogens is 338 g/mol. The maximum atomic E-state index is 12.0. The van der Waals surface area contributed by atoms with E-state index in [-0.39, 0.29) is 29.9 Å². The van der Waals surface area contributed by atoms with Crippen molar-refractivity contribution in [3.05, 3.63) is 46.5 Å². The summed E-state index contributed by atoms with van der Waals surface area (Å²) >= 11 is 1.19. The first kappa shape index (κ1) is 19.0. The van der Waals surface area contributed by atoms with E-state index in [1.807, 2.05) is 30.3 Å². The third-order valence-corrected chi connectivity index (χ3v) is 4.77. The molecule has 1 heterocycles. The highest BCUT2D eigenvalue weighted by atomic mass is 32.2. The average molecular weight is 359 g/mol. The number of methoxy groups -OCH3 is 1. The van der Waals surface area contributed by atoms with Crippen molar-refractivity contribution in [3.8, 4) is 6.07 Å². The summed E-state index contributed by atoms with van der Waals surface area (Å²) in [6.45, 7) is 1.13. The number of hydrogen-bond acceptors (Lipinski definition) is 5. The Balaban J connectivity index is 2.03. The molecule has 0 aromatic heterocycles. The fraction of sp³-hybridized carbons (Fsp3) is 0.389. The quantitative estimate of drug-likeness (QED) is 0.692. The van der Waals surface area contributed by atoms with Crippen molar-refractivity contribution in [1.29, 1.82) is 5.26 Å². The Morgan fingerprint density at radius 2 is 2.20 bits per heavy atom. The predicted octanol–water partition coefficient (Wildman–Crippen LogP) is 1.91. The number of thioether (sulfide) groups is 1. The van der Waals surface area contributed by atoms with Crippen LogP contribution in [0.4, 0.5) is 0 Å². The summed E-state index contributed by atoms with van der Waals surface area (Å²) in [5, 5.41) is 15.5. The third kappa shape index (κ3) is 5.62. The highest BCUT2D eigenvalue weighted by Crippen LogP contribution is 2.35. The smallest absolute Gasteiger partial charge is 0.230 e. The maximum absolute atomic E-state index is 12.0. The van der Waals surface area contributed by atoms with Crippen molar-refractivity contribution in [2.45, 2.75) is 18.8 Å². The van der Waals surface area contributed by atoms with Gasteiger partial charge < -0.3 is 15.4 Å². The van der Waals surface area contributed by atoms with Gasteiger partial charge in [-0.1, -0.05) is 42.1 Å². The van der Waals surface area contributed by atoms with Gasteiger partial charge in [-0.25, -0.2) is 0 Å². The Kier molecular flexibility index (Phi) is 7.51. The number of allylic oxidation sites excluding steroid dienone is 1.